The van der Waals surface area contributed by atoms with E-state index >= 15 is 0 Å². The summed E-state index contributed by atoms with van der Waals surface area (Å²) in [5.74, 6) is 0. The first-order chi connectivity index (χ1) is 4.43. The molecule has 9 heavy (non-hydrogen) atoms. The zero-order valence-corrected chi connectivity index (χ0v) is 5.54. The van der Waals surface area contributed by atoms with E-state index in [1.165, 1.54) is 12.0 Å². The van der Waals surface area contributed by atoms with Gasteiger partial charge in [0.25, 0.3) is 0 Å². The summed E-state index contributed by atoms with van der Waals surface area (Å²) in [6.07, 6.45) is 5.82. The van der Waals surface area contributed by atoms with Gasteiger partial charge in [0.2, 0.25) is 0 Å². The van der Waals surface area contributed by atoms with Crippen molar-refractivity contribution in [3.8, 4) is 0 Å². The van der Waals surface area contributed by atoms with Crippen LogP contribution < -0.4 is 0 Å². The van der Waals surface area contributed by atoms with E-state index in [-0.39, 0.29) is 0 Å². The molecular weight excluding hydrogens is 112 g/mol. The van der Waals surface area contributed by atoms with E-state index < -0.39 is 0 Å². The van der Waals surface area contributed by atoms with E-state index in [0.717, 1.165) is 6.42 Å². The third-order valence-electron chi connectivity index (χ3n) is 1.18. The third kappa shape index (κ3) is 1.80. The van der Waals surface area contributed by atoms with Gasteiger partial charge in [-0.15, -0.1) is 0 Å². The van der Waals surface area contributed by atoms with E-state index in [1.807, 2.05) is 12.3 Å². The molecule has 0 N–H and O–H groups in total. The van der Waals surface area contributed by atoms with Gasteiger partial charge >= 0.3 is 0 Å². The molecule has 0 fully saturated rings. The molecule has 2 nitrogen and oxygen atoms in total. The van der Waals surface area contributed by atoms with Gasteiger partial charge in [-0.3, -0.25) is 0 Å². The van der Waals surface area contributed by atoms with Gasteiger partial charge in [-0.1, -0.05) is 13.3 Å². The first-order valence-corrected chi connectivity index (χ1v) is 3.19. The highest BCUT2D eigenvalue weighted by molar-refractivity contribution is 5.04. The Hall–Kier alpha value is -0.920. The second-order valence-electron chi connectivity index (χ2n) is 2.00. The highest BCUT2D eigenvalue weighted by Crippen LogP contribution is 1.96. The van der Waals surface area contributed by atoms with Crippen molar-refractivity contribution in [3.63, 3.8) is 0 Å². The number of nitrogens with zero attached hydrogens (tertiary/aromatic N) is 2. The molecule has 0 aromatic carbocycles. The van der Waals surface area contributed by atoms with Crippen LogP contribution >= 0.6 is 0 Å². The van der Waals surface area contributed by atoms with Gasteiger partial charge < -0.3 is 0 Å². The Bertz CT molecular complexity index is 160. The molecule has 0 spiro atoms. The number of aryl methyl sites for hydroxylation is 1. The van der Waals surface area contributed by atoms with Crippen LogP contribution in [0.4, 0.5) is 0 Å². The molecule has 0 aliphatic carbocycles. The van der Waals surface area contributed by atoms with Crippen LogP contribution in [0.1, 0.15) is 18.9 Å². The van der Waals surface area contributed by atoms with Gasteiger partial charge in [-0.25, -0.2) is 0 Å². The van der Waals surface area contributed by atoms with Crippen LogP contribution in [0.5, 0.6) is 0 Å². The van der Waals surface area contributed by atoms with E-state index in [9.17, 15) is 0 Å². The topological polar surface area (TPSA) is 25.8 Å². The first-order valence-electron chi connectivity index (χ1n) is 3.19. The Morgan fingerprint density at radius 3 is 2.89 bits per heavy atom. The summed E-state index contributed by atoms with van der Waals surface area (Å²) in [6.45, 7) is 2.15. The van der Waals surface area contributed by atoms with Crippen LogP contribution in [-0.2, 0) is 6.42 Å². The Morgan fingerprint density at radius 1 is 1.44 bits per heavy atom. The standard InChI is InChI=1S/C7H10N2/c1-2-3-7-4-5-8-9-6-7/h4-6H,2-3H2,1H3. The molecule has 1 aromatic heterocycles. The van der Waals surface area contributed by atoms with Crippen molar-refractivity contribution >= 4 is 0 Å². The summed E-state index contributed by atoms with van der Waals surface area (Å²) in [6, 6.07) is 2.00. The molecule has 0 radical (unpaired) electrons. The fourth-order valence-corrected chi connectivity index (χ4v) is 0.755. The molecule has 48 valence electrons. The molecule has 0 aliphatic rings. The molecule has 1 rings (SSSR count). The lowest BCUT2D eigenvalue weighted by Crippen LogP contribution is -1.85. The minimum Gasteiger partial charge on any atom is -0.159 e. The zero-order chi connectivity index (χ0) is 6.53. The summed E-state index contributed by atoms with van der Waals surface area (Å²) in [5, 5.41) is 7.43. The highest BCUT2D eigenvalue weighted by atomic mass is 15.1. The summed E-state index contributed by atoms with van der Waals surface area (Å²) in [4.78, 5) is 0. The average molecular weight is 122 g/mol. The molecule has 0 amide bonds. The van der Waals surface area contributed by atoms with E-state index in [1.54, 1.807) is 6.20 Å². The number of hydrogen-bond donors (Lipinski definition) is 0. The molecule has 0 unspecified atom stereocenters. The Labute approximate surface area is 54.9 Å². The summed E-state index contributed by atoms with van der Waals surface area (Å²) in [5.41, 5.74) is 1.27. The zero-order valence-electron chi connectivity index (χ0n) is 5.54. The summed E-state index contributed by atoms with van der Waals surface area (Å²) < 4.78 is 0. The van der Waals surface area contributed by atoms with Crippen LogP contribution in [0, 0.1) is 0 Å². The van der Waals surface area contributed by atoms with Crippen LogP contribution in [0.3, 0.4) is 0 Å². The maximum atomic E-state index is 3.75. The second-order valence-corrected chi connectivity index (χ2v) is 2.00. The third-order valence-corrected chi connectivity index (χ3v) is 1.18. The Morgan fingerprint density at radius 2 is 2.33 bits per heavy atom. The van der Waals surface area contributed by atoms with Crippen LogP contribution in [-0.4, -0.2) is 10.2 Å². The highest BCUT2D eigenvalue weighted by Gasteiger charge is 1.86. The van der Waals surface area contributed by atoms with Gasteiger partial charge in [0.15, 0.2) is 0 Å². The molecule has 0 aliphatic heterocycles. The summed E-state index contributed by atoms with van der Waals surface area (Å²) in [7, 11) is 0. The van der Waals surface area contributed by atoms with Crippen LogP contribution in [0.25, 0.3) is 0 Å². The number of rotatable bonds is 2. The molecule has 0 saturated carbocycles. The van der Waals surface area contributed by atoms with Crippen molar-refractivity contribution in [3.05, 3.63) is 24.0 Å². The lowest BCUT2D eigenvalue weighted by molar-refractivity contribution is 0.892. The Balaban J connectivity index is 2.61. The minimum atomic E-state index is 1.11. The van der Waals surface area contributed by atoms with Crippen molar-refractivity contribution in [2.45, 2.75) is 19.8 Å². The molecule has 2 heteroatoms. The molecule has 0 saturated heterocycles. The van der Waals surface area contributed by atoms with Crippen molar-refractivity contribution in [2.75, 3.05) is 0 Å². The van der Waals surface area contributed by atoms with Crippen molar-refractivity contribution in [1.29, 1.82) is 0 Å². The van der Waals surface area contributed by atoms with E-state index in [2.05, 4.69) is 17.1 Å². The van der Waals surface area contributed by atoms with E-state index in [0.29, 0.717) is 0 Å². The quantitative estimate of drug-likeness (QED) is 0.593. The molecular formula is C7H10N2. The largest absolute Gasteiger partial charge is 0.159 e. The van der Waals surface area contributed by atoms with Crippen molar-refractivity contribution < 1.29 is 0 Å². The monoisotopic (exact) mass is 122 g/mol. The summed E-state index contributed by atoms with van der Waals surface area (Å²) >= 11 is 0. The van der Waals surface area contributed by atoms with Crippen LogP contribution in [0.15, 0.2) is 18.5 Å². The molecule has 0 bridgehead atoms. The molecule has 1 heterocycles. The van der Waals surface area contributed by atoms with Gasteiger partial charge in [0.1, 0.15) is 0 Å². The fourth-order valence-electron chi connectivity index (χ4n) is 0.755. The number of aromatic nitrogens is 2. The fraction of sp³-hybridized carbons (Fsp3) is 0.429. The maximum Gasteiger partial charge on any atom is 0.0528 e. The Kier molecular flexibility index (Phi) is 2.19. The number of hydrogen-bond acceptors (Lipinski definition) is 2. The van der Waals surface area contributed by atoms with Gasteiger partial charge in [0, 0.05) is 6.20 Å². The van der Waals surface area contributed by atoms with Gasteiger partial charge in [0.05, 0.1) is 6.20 Å². The predicted octanol–water partition coefficient (Wildman–Crippen LogP) is 1.43. The van der Waals surface area contributed by atoms with Crippen molar-refractivity contribution in [1.82, 2.24) is 10.2 Å². The normalized spacial score (nSPS) is 9.44. The van der Waals surface area contributed by atoms with E-state index in [4.69, 9.17) is 0 Å². The minimum absolute atomic E-state index is 1.11. The maximum absolute atomic E-state index is 3.75. The molecule has 1 aromatic rings. The second kappa shape index (κ2) is 3.17. The predicted molar refractivity (Wildman–Crippen MR) is 36.0 cm³/mol. The van der Waals surface area contributed by atoms with Gasteiger partial charge in [-0.2, -0.15) is 10.2 Å². The lowest BCUT2D eigenvalue weighted by atomic mass is 10.2. The molecule has 0 atom stereocenters. The SMILES string of the molecule is CCCc1ccnnc1. The van der Waals surface area contributed by atoms with Crippen LogP contribution in [0.2, 0.25) is 0 Å². The van der Waals surface area contributed by atoms with Gasteiger partial charge in [-0.05, 0) is 18.1 Å². The smallest absolute Gasteiger partial charge is 0.0528 e. The first kappa shape index (κ1) is 6.20. The lowest BCUT2D eigenvalue weighted by Gasteiger charge is -1.92. The van der Waals surface area contributed by atoms with Crippen molar-refractivity contribution in [2.24, 2.45) is 0 Å². The average Bonchev–Trinajstić information content (AvgIpc) is 1.91.